The minimum atomic E-state index is -0.177. The van der Waals surface area contributed by atoms with Crippen molar-refractivity contribution in [3.63, 3.8) is 0 Å². The van der Waals surface area contributed by atoms with Crippen LogP contribution in [0.15, 0.2) is 6.07 Å². The maximum Gasteiger partial charge on any atom is 0.244 e. The molecule has 1 atom stereocenters. The Morgan fingerprint density at radius 3 is 2.71 bits per heavy atom. The van der Waals surface area contributed by atoms with Crippen LogP contribution in [0.5, 0.6) is 0 Å². The Kier molecular flexibility index (Phi) is 5.54. The molecular formula is C23H33N7O. The molecule has 2 N–H and O–H groups in total. The van der Waals surface area contributed by atoms with Crippen molar-refractivity contribution in [3.05, 3.63) is 23.0 Å². The summed E-state index contributed by atoms with van der Waals surface area (Å²) in [6.07, 6.45) is 11.2. The Morgan fingerprint density at radius 1 is 1.10 bits per heavy atom. The predicted octanol–water partition coefficient (Wildman–Crippen LogP) is 3.54. The standard InChI is InChI=1S/C23H33N7O/c1-29(2)22(31)19-12-7-13-30(19)23-24-17-11-6-5-10-16(17)21(26-23)25-20-14-18(27-28-20)15-8-3-4-9-15/h14-15,19H,3-13H2,1-2H3,(H2,24,25,26,27,28)/t19-/m1/s1. The van der Waals surface area contributed by atoms with E-state index in [9.17, 15) is 4.79 Å². The average Bonchev–Trinajstić information content (AvgIpc) is 3.54. The number of H-pyrrole nitrogens is 1. The van der Waals surface area contributed by atoms with E-state index in [1.54, 1.807) is 4.90 Å². The molecule has 2 aliphatic carbocycles. The van der Waals surface area contributed by atoms with Crippen LogP contribution in [0.25, 0.3) is 0 Å². The van der Waals surface area contributed by atoms with Crippen LogP contribution in [-0.4, -0.2) is 57.7 Å². The summed E-state index contributed by atoms with van der Waals surface area (Å²) in [4.78, 5) is 26.4. The fourth-order valence-corrected chi connectivity index (χ4v) is 5.34. The number of carbonyl (C=O) groups excluding carboxylic acids is 1. The minimum Gasteiger partial charge on any atom is -0.347 e. The largest absolute Gasteiger partial charge is 0.347 e. The van der Waals surface area contributed by atoms with Gasteiger partial charge < -0.3 is 15.1 Å². The lowest BCUT2D eigenvalue weighted by molar-refractivity contribution is -0.129. The van der Waals surface area contributed by atoms with Gasteiger partial charge in [0.25, 0.3) is 0 Å². The highest BCUT2D eigenvalue weighted by atomic mass is 16.2. The number of hydrogen-bond donors (Lipinski definition) is 2. The van der Waals surface area contributed by atoms with Crippen LogP contribution in [-0.2, 0) is 17.6 Å². The summed E-state index contributed by atoms with van der Waals surface area (Å²) < 4.78 is 0. The van der Waals surface area contributed by atoms with Crippen molar-refractivity contribution in [1.82, 2.24) is 25.1 Å². The molecule has 3 aliphatic rings. The Hall–Kier alpha value is -2.64. The van der Waals surface area contributed by atoms with Crippen LogP contribution < -0.4 is 10.2 Å². The van der Waals surface area contributed by atoms with Crippen molar-refractivity contribution in [2.24, 2.45) is 0 Å². The van der Waals surface area contributed by atoms with Gasteiger partial charge in [0.2, 0.25) is 11.9 Å². The van der Waals surface area contributed by atoms with E-state index in [4.69, 9.17) is 9.97 Å². The molecular weight excluding hydrogens is 390 g/mol. The molecule has 1 aliphatic heterocycles. The molecule has 0 bridgehead atoms. The van der Waals surface area contributed by atoms with E-state index in [1.807, 2.05) is 14.1 Å². The van der Waals surface area contributed by atoms with E-state index in [2.05, 4.69) is 26.5 Å². The summed E-state index contributed by atoms with van der Waals surface area (Å²) in [6, 6.07) is 1.96. The molecule has 8 nitrogen and oxygen atoms in total. The van der Waals surface area contributed by atoms with Gasteiger partial charge in [0, 0.05) is 43.9 Å². The SMILES string of the molecule is CN(C)C(=O)[C@H]1CCCN1c1nc2c(c(Nc3cc(C4CCCC4)[nH]n3)n1)CCCC2. The second-order valence-corrected chi connectivity index (χ2v) is 9.40. The fraction of sp³-hybridized carbons (Fsp3) is 0.652. The molecule has 0 radical (unpaired) electrons. The van der Waals surface area contributed by atoms with Gasteiger partial charge in [-0.05, 0) is 51.4 Å². The van der Waals surface area contributed by atoms with Crippen LogP contribution in [0.1, 0.15) is 74.2 Å². The van der Waals surface area contributed by atoms with Crippen LogP contribution in [0.4, 0.5) is 17.6 Å². The smallest absolute Gasteiger partial charge is 0.244 e. The van der Waals surface area contributed by atoms with Gasteiger partial charge in [0.15, 0.2) is 5.82 Å². The third kappa shape index (κ3) is 4.00. The highest BCUT2D eigenvalue weighted by Gasteiger charge is 2.34. The summed E-state index contributed by atoms with van der Waals surface area (Å²) in [5, 5.41) is 11.3. The molecule has 0 aromatic carbocycles. The fourth-order valence-electron chi connectivity index (χ4n) is 5.34. The van der Waals surface area contributed by atoms with Gasteiger partial charge in [0.1, 0.15) is 11.9 Å². The van der Waals surface area contributed by atoms with Gasteiger partial charge in [-0.2, -0.15) is 10.1 Å². The highest BCUT2D eigenvalue weighted by Crippen LogP contribution is 2.35. The molecule has 2 aromatic rings. The van der Waals surface area contributed by atoms with E-state index in [-0.39, 0.29) is 11.9 Å². The molecule has 31 heavy (non-hydrogen) atoms. The summed E-state index contributed by atoms with van der Waals surface area (Å²) in [7, 11) is 3.64. The maximum atomic E-state index is 12.7. The lowest BCUT2D eigenvalue weighted by Gasteiger charge is -2.28. The zero-order valence-corrected chi connectivity index (χ0v) is 18.7. The monoisotopic (exact) mass is 423 g/mol. The second-order valence-electron chi connectivity index (χ2n) is 9.40. The normalized spacial score (nSPS) is 21.4. The van der Waals surface area contributed by atoms with Crippen molar-refractivity contribution in [3.8, 4) is 0 Å². The molecule has 1 amide bonds. The Balaban J connectivity index is 1.45. The first-order valence-corrected chi connectivity index (χ1v) is 11.8. The molecule has 5 rings (SSSR count). The average molecular weight is 424 g/mol. The molecule has 3 heterocycles. The van der Waals surface area contributed by atoms with Crippen molar-refractivity contribution in [1.29, 1.82) is 0 Å². The van der Waals surface area contributed by atoms with E-state index >= 15 is 0 Å². The van der Waals surface area contributed by atoms with E-state index in [0.29, 0.717) is 11.9 Å². The second kappa shape index (κ2) is 8.48. The number of nitrogens with zero attached hydrogens (tertiary/aromatic N) is 5. The van der Waals surface area contributed by atoms with Gasteiger partial charge in [-0.3, -0.25) is 9.89 Å². The lowest BCUT2D eigenvalue weighted by Crippen LogP contribution is -2.43. The summed E-state index contributed by atoms with van der Waals surface area (Å²) in [5.74, 6) is 3.07. The van der Waals surface area contributed by atoms with Gasteiger partial charge >= 0.3 is 0 Å². The highest BCUT2D eigenvalue weighted by molar-refractivity contribution is 5.85. The number of aromatic amines is 1. The van der Waals surface area contributed by atoms with Crippen LogP contribution in [0, 0.1) is 0 Å². The number of likely N-dealkylation sites (N-methyl/N-ethyl adjacent to an activating group) is 1. The number of fused-ring (bicyclic) bond motifs is 1. The third-order valence-corrected chi connectivity index (χ3v) is 7.05. The zero-order valence-electron chi connectivity index (χ0n) is 18.7. The molecule has 2 aromatic heterocycles. The number of aryl methyl sites for hydroxylation is 1. The van der Waals surface area contributed by atoms with E-state index in [1.165, 1.54) is 36.9 Å². The zero-order chi connectivity index (χ0) is 21.4. The van der Waals surface area contributed by atoms with Gasteiger partial charge in [-0.1, -0.05) is 12.8 Å². The number of carbonyl (C=O) groups is 1. The van der Waals surface area contributed by atoms with Gasteiger partial charge in [-0.15, -0.1) is 0 Å². The third-order valence-electron chi connectivity index (χ3n) is 7.05. The summed E-state index contributed by atoms with van der Waals surface area (Å²) in [6.45, 7) is 0.816. The lowest BCUT2D eigenvalue weighted by atomic mass is 9.96. The number of nitrogens with one attached hydrogen (secondary N) is 2. The van der Waals surface area contributed by atoms with E-state index in [0.717, 1.165) is 62.4 Å². The number of anilines is 3. The van der Waals surface area contributed by atoms with Crippen molar-refractivity contribution >= 4 is 23.5 Å². The van der Waals surface area contributed by atoms with E-state index < -0.39 is 0 Å². The molecule has 166 valence electrons. The molecule has 8 heteroatoms. The molecule has 1 saturated heterocycles. The van der Waals surface area contributed by atoms with Gasteiger partial charge in [0.05, 0.1) is 5.69 Å². The van der Waals surface area contributed by atoms with Crippen LogP contribution in [0.3, 0.4) is 0 Å². The first kappa shape index (κ1) is 20.3. The Morgan fingerprint density at radius 2 is 1.90 bits per heavy atom. The topological polar surface area (TPSA) is 90.0 Å². The van der Waals surface area contributed by atoms with Crippen molar-refractivity contribution in [2.45, 2.75) is 76.2 Å². The quantitative estimate of drug-likeness (QED) is 0.765. The van der Waals surface area contributed by atoms with Crippen LogP contribution >= 0.6 is 0 Å². The van der Waals surface area contributed by atoms with Crippen molar-refractivity contribution in [2.75, 3.05) is 30.9 Å². The maximum absolute atomic E-state index is 12.7. The number of aromatic nitrogens is 4. The number of amides is 1. The van der Waals surface area contributed by atoms with Gasteiger partial charge in [-0.25, -0.2) is 4.98 Å². The Labute approximate surface area is 183 Å². The summed E-state index contributed by atoms with van der Waals surface area (Å²) >= 11 is 0. The molecule has 1 saturated carbocycles. The summed E-state index contributed by atoms with van der Waals surface area (Å²) in [5.41, 5.74) is 3.54. The van der Waals surface area contributed by atoms with Crippen molar-refractivity contribution < 1.29 is 4.79 Å². The first-order valence-electron chi connectivity index (χ1n) is 11.8. The molecule has 0 spiro atoms. The molecule has 2 fully saturated rings. The first-order chi connectivity index (χ1) is 15.1. The van der Waals surface area contributed by atoms with Crippen LogP contribution in [0.2, 0.25) is 0 Å². The minimum absolute atomic E-state index is 0.127. The predicted molar refractivity (Wildman–Crippen MR) is 121 cm³/mol. The number of rotatable bonds is 5. The Bertz CT molecular complexity index is 947. The molecule has 0 unspecified atom stereocenters. The number of hydrogen-bond acceptors (Lipinski definition) is 6.